The molecular formula is C17H20N2O4. The van der Waals surface area contributed by atoms with Crippen molar-refractivity contribution in [3.05, 3.63) is 29.8 Å². The van der Waals surface area contributed by atoms with Gasteiger partial charge in [-0.2, -0.15) is 0 Å². The molecule has 2 aliphatic rings. The summed E-state index contributed by atoms with van der Waals surface area (Å²) in [6.45, 7) is 3.56. The van der Waals surface area contributed by atoms with Gasteiger partial charge in [-0.25, -0.2) is 0 Å². The highest BCUT2D eigenvalue weighted by Crippen LogP contribution is 2.58. The topological polar surface area (TPSA) is 95.5 Å². The lowest BCUT2D eigenvalue weighted by molar-refractivity contribution is -0.140. The molecule has 23 heavy (non-hydrogen) atoms. The summed E-state index contributed by atoms with van der Waals surface area (Å²) < 4.78 is 0. The molecular weight excluding hydrogens is 296 g/mol. The molecule has 3 rings (SSSR count). The second kappa shape index (κ2) is 5.37. The molecule has 6 nitrogen and oxygen atoms in total. The average molecular weight is 316 g/mol. The van der Waals surface area contributed by atoms with Gasteiger partial charge in [-0.15, -0.1) is 0 Å². The summed E-state index contributed by atoms with van der Waals surface area (Å²) in [4.78, 5) is 35.2. The smallest absolute Gasteiger partial charge is 0.307 e. The second-order valence-corrected chi connectivity index (χ2v) is 6.93. The molecule has 0 radical (unpaired) electrons. The molecule has 2 aliphatic carbocycles. The number of carboxylic acids is 1. The minimum atomic E-state index is -0.942. The van der Waals surface area contributed by atoms with E-state index < -0.39 is 23.2 Å². The fraction of sp³-hybridized carbons (Fsp3) is 0.471. The SMILES string of the molecule is CC1(C)[C@H](C(=O)O)[C@@H]1C(=O)Nc1ccc(C(=O)NC2CC2)cc1. The highest BCUT2D eigenvalue weighted by Gasteiger charge is 2.65. The van der Waals surface area contributed by atoms with Crippen molar-refractivity contribution in [1.82, 2.24) is 5.32 Å². The predicted molar refractivity (Wildman–Crippen MR) is 84.0 cm³/mol. The first-order valence-electron chi connectivity index (χ1n) is 7.75. The van der Waals surface area contributed by atoms with E-state index in [0.717, 1.165) is 12.8 Å². The summed E-state index contributed by atoms with van der Waals surface area (Å²) in [6, 6.07) is 6.92. The number of benzene rings is 1. The number of anilines is 1. The molecule has 0 aromatic heterocycles. The standard InChI is InChI=1S/C17H20N2O4/c1-17(2)12(13(17)16(22)23)15(21)19-10-5-3-9(4-6-10)14(20)18-11-7-8-11/h3-6,11-13H,7-8H2,1-2H3,(H,18,20)(H,19,21)(H,22,23)/t12-,13+/m1/s1. The molecule has 2 amide bonds. The lowest BCUT2D eigenvalue weighted by atomic mass is 10.1. The van der Waals surface area contributed by atoms with Crippen molar-refractivity contribution in [3.63, 3.8) is 0 Å². The van der Waals surface area contributed by atoms with Crippen molar-refractivity contribution in [2.24, 2.45) is 17.3 Å². The van der Waals surface area contributed by atoms with Crippen LogP contribution in [0.15, 0.2) is 24.3 Å². The molecule has 2 fully saturated rings. The van der Waals surface area contributed by atoms with Crippen molar-refractivity contribution in [2.75, 3.05) is 5.32 Å². The molecule has 6 heteroatoms. The summed E-state index contributed by atoms with van der Waals surface area (Å²) in [5.74, 6) is -2.52. The first kappa shape index (κ1) is 15.5. The maximum Gasteiger partial charge on any atom is 0.307 e. The van der Waals surface area contributed by atoms with Gasteiger partial charge in [-0.3, -0.25) is 14.4 Å². The molecule has 3 N–H and O–H groups in total. The number of hydrogen-bond acceptors (Lipinski definition) is 3. The maximum atomic E-state index is 12.2. The van der Waals surface area contributed by atoms with E-state index in [0.29, 0.717) is 17.3 Å². The number of carbonyl (C=O) groups is 3. The zero-order chi connectivity index (χ0) is 16.8. The molecule has 122 valence electrons. The second-order valence-electron chi connectivity index (χ2n) is 6.93. The van der Waals surface area contributed by atoms with Gasteiger partial charge in [0.2, 0.25) is 5.91 Å². The fourth-order valence-corrected chi connectivity index (χ4v) is 3.01. The van der Waals surface area contributed by atoms with E-state index in [2.05, 4.69) is 10.6 Å². The summed E-state index contributed by atoms with van der Waals surface area (Å²) in [5, 5.41) is 14.8. The minimum Gasteiger partial charge on any atom is -0.481 e. The number of carboxylic acid groups (broad SMARTS) is 1. The lowest BCUT2D eigenvalue weighted by Crippen LogP contribution is -2.25. The predicted octanol–water partition coefficient (Wildman–Crippen LogP) is 1.87. The van der Waals surface area contributed by atoms with Gasteiger partial charge in [0.15, 0.2) is 0 Å². The van der Waals surface area contributed by atoms with Crippen LogP contribution in [-0.4, -0.2) is 28.9 Å². The zero-order valence-electron chi connectivity index (χ0n) is 13.1. The van der Waals surface area contributed by atoms with Gasteiger partial charge in [0.05, 0.1) is 11.8 Å². The Hall–Kier alpha value is -2.37. The Bertz CT molecular complexity index is 662. The third-order valence-corrected chi connectivity index (χ3v) is 4.70. The van der Waals surface area contributed by atoms with E-state index in [1.54, 1.807) is 38.1 Å². The van der Waals surface area contributed by atoms with Gasteiger partial charge >= 0.3 is 5.97 Å². The average Bonchev–Trinajstić information content (AvgIpc) is 3.36. The van der Waals surface area contributed by atoms with Gasteiger partial charge < -0.3 is 15.7 Å². The molecule has 1 aromatic rings. The van der Waals surface area contributed by atoms with Crippen molar-refractivity contribution < 1.29 is 19.5 Å². The molecule has 0 spiro atoms. The number of hydrogen-bond donors (Lipinski definition) is 3. The van der Waals surface area contributed by atoms with E-state index in [4.69, 9.17) is 5.11 Å². The monoisotopic (exact) mass is 316 g/mol. The number of amides is 2. The van der Waals surface area contributed by atoms with Crippen LogP contribution >= 0.6 is 0 Å². The Balaban J connectivity index is 1.61. The van der Waals surface area contributed by atoms with Crippen LogP contribution in [0.1, 0.15) is 37.0 Å². The summed E-state index contributed by atoms with van der Waals surface area (Å²) in [7, 11) is 0. The number of carbonyl (C=O) groups excluding carboxylic acids is 2. The third kappa shape index (κ3) is 3.06. The van der Waals surface area contributed by atoms with Crippen LogP contribution in [0.25, 0.3) is 0 Å². The van der Waals surface area contributed by atoms with Crippen LogP contribution in [0, 0.1) is 17.3 Å². The van der Waals surface area contributed by atoms with Crippen LogP contribution in [0.4, 0.5) is 5.69 Å². The third-order valence-electron chi connectivity index (χ3n) is 4.70. The quantitative estimate of drug-likeness (QED) is 0.773. The van der Waals surface area contributed by atoms with Crippen molar-refractivity contribution >= 4 is 23.5 Å². The highest BCUT2D eigenvalue weighted by molar-refractivity contribution is 6.00. The molecule has 0 unspecified atom stereocenters. The van der Waals surface area contributed by atoms with E-state index in [-0.39, 0.29) is 11.8 Å². The molecule has 0 bridgehead atoms. The summed E-state index contributed by atoms with van der Waals surface area (Å²) >= 11 is 0. The molecule has 0 heterocycles. The normalized spacial score (nSPS) is 24.6. The van der Waals surface area contributed by atoms with E-state index in [9.17, 15) is 14.4 Å². The minimum absolute atomic E-state index is 0.111. The maximum absolute atomic E-state index is 12.2. The van der Waals surface area contributed by atoms with Crippen LogP contribution in [0.3, 0.4) is 0 Å². The van der Waals surface area contributed by atoms with Crippen molar-refractivity contribution in [1.29, 1.82) is 0 Å². The first-order chi connectivity index (χ1) is 10.8. The van der Waals surface area contributed by atoms with Gasteiger partial charge in [-0.05, 0) is 42.5 Å². The van der Waals surface area contributed by atoms with Crippen molar-refractivity contribution in [2.45, 2.75) is 32.7 Å². The Morgan fingerprint density at radius 3 is 2.17 bits per heavy atom. The summed E-state index contributed by atoms with van der Waals surface area (Å²) in [5.41, 5.74) is 0.579. The van der Waals surface area contributed by atoms with Crippen LogP contribution < -0.4 is 10.6 Å². The fourth-order valence-electron chi connectivity index (χ4n) is 3.01. The van der Waals surface area contributed by atoms with Crippen LogP contribution in [-0.2, 0) is 9.59 Å². The molecule has 1 aromatic carbocycles. The first-order valence-corrected chi connectivity index (χ1v) is 7.75. The van der Waals surface area contributed by atoms with Crippen LogP contribution in [0.5, 0.6) is 0 Å². The van der Waals surface area contributed by atoms with Gasteiger partial charge in [0.25, 0.3) is 5.91 Å². The summed E-state index contributed by atoms with van der Waals surface area (Å²) in [6.07, 6.45) is 2.06. The Kier molecular flexibility index (Phi) is 3.62. The molecule has 0 aliphatic heterocycles. The number of aliphatic carboxylic acids is 1. The molecule has 2 atom stereocenters. The molecule has 2 saturated carbocycles. The Morgan fingerprint density at radius 2 is 1.70 bits per heavy atom. The largest absolute Gasteiger partial charge is 0.481 e. The Labute approximate surface area is 134 Å². The number of rotatable bonds is 5. The van der Waals surface area contributed by atoms with Gasteiger partial charge in [-0.1, -0.05) is 13.8 Å². The van der Waals surface area contributed by atoms with E-state index in [1.807, 2.05) is 0 Å². The lowest BCUT2D eigenvalue weighted by Gasteiger charge is -2.07. The zero-order valence-corrected chi connectivity index (χ0v) is 13.1. The Morgan fingerprint density at radius 1 is 1.09 bits per heavy atom. The van der Waals surface area contributed by atoms with Gasteiger partial charge in [0.1, 0.15) is 0 Å². The molecule has 0 saturated heterocycles. The highest BCUT2D eigenvalue weighted by atomic mass is 16.4. The van der Waals surface area contributed by atoms with E-state index in [1.165, 1.54) is 0 Å². The van der Waals surface area contributed by atoms with Crippen molar-refractivity contribution in [3.8, 4) is 0 Å². The van der Waals surface area contributed by atoms with Crippen LogP contribution in [0.2, 0.25) is 0 Å². The number of nitrogens with one attached hydrogen (secondary N) is 2. The van der Waals surface area contributed by atoms with Gasteiger partial charge in [0, 0.05) is 17.3 Å². The van der Waals surface area contributed by atoms with E-state index >= 15 is 0 Å².